The number of rotatable bonds is 2. The Hall–Kier alpha value is -1.88. The third-order valence-corrected chi connectivity index (χ3v) is 2.33. The highest BCUT2D eigenvalue weighted by atomic mass is 16.7. The average Bonchev–Trinajstić information content (AvgIpc) is 2.30. The summed E-state index contributed by atoms with van der Waals surface area (Å²) in [5, 5.41) is 9.94. The molecule has 0 radical (unpaired) electrons. The zero-order valence-electron chi connectivity index (χ0n) is 8.55. The van der Waals surface area contributed by atoms with Gasteiger partial charge in [0.15, 0.2) is 0 Å². The minimum atomic E-state index is -0.988. The van der Waals surface area contributed by atoms with Crippen LogP contribution in [0.1, 0.15) is 23.2 Å². The fourth-order valence-electron chi connectivity index (χ4n) is 1.51. The molecule has 1 fully saturated rings. The summed E-state index contributed by atoms with van der Waals surface area (Å²) in [6.45, 7) is 0.506. The van der Waals surface area contributed by atoms with E-state index in [0.29, 0.717) is 18.7 Å². The Balaban J connectivity index is 2.20. The molecule has 0 aliphatic carbocycles. The maximum Gasteiger partial charge on any atom is 0.335 e. The first kappa shape index (κ1) is 10.6. The first-order valence-corrected chi connectivity index (χ1v) is 4.98. The van der Waals surface area contributed by atoms with E-state index in [9.17, 15) is 9.59 Å². The van der Waals surface area contributed by atoms with Crippen LogP contribution >= 0.6 is 0 Å². The highest BCUT2D eigenvalue weighted by Crippen LogP contribution is 2.20. The number of amides is 1. The van der Waals surface area contributed by atoms with Crippen molar-refractivity contribution in [1.82, 2.24) is 0 Å². The lowest BCUT2D eigenvalue weighted by Crippen LogP contribution is -2.35. The quantitative estimate of drug-likeness (QED) is 0.820. The predicted octanol–water partition coefficient (Wildman–Crippen LogP) is 1.44. The van der Waals surface area contributed by atoms with Gasteiger partial charge in [-0.1, -0.05) is 0 Å². The van der Waals surface area contributed by atoms with Crippen LogP contribution in [0.3, 0.4) is 0 Å². The third kappa shape index (κ3) is 2.04. The van der Waals surface area contributed by atoms with E-state index >= 15 is 0 Å². The number of hydrogen-bond donors (Lipinski definition) is 1. The number of carbonyl (C=O) groups excluding carboxylic acids is 1. The summed E-state index contributed by atoms with van der Waals surface area (Å²) in [6, 6.07) is 6.02. The third-order valence-electron chi connectivity index (χ3n) is 2.33. The molecule has 1 heterocycles. The van der Waals surface area contributed by atoms with E-state index in [2.05, 4.69) is 0 Å². The lowest BCUT2D eigenvalue weighted by Gasteiger charge is -2.25. The zero-order valence-corrected chi connectivity index (χ0v) is 8.55. The topological polar surface area (TPSA) is 66.8 Å². The lowest BCUT2D eigenvalue weighted by atomic mass is 10.2. The number of nitrogens with zero attached hydrogens (tertiary/aromatic N) is 1. The first-order chi connectivity index (χ1) is 7.68. The van der Waals surface area contributed by atoms with Crippen molar-refractivity contribution in [3.05, 3.63) is 29.8 Å². The van der Waals surface area contributed by atoms with Gasteiger partial charge in [0.2, 0.25) is 0 Å². The summed E-state index contributed by atoms with van der Waals surface area (Å²) in [7, 11) is 0. The number of carboxylic acid groups (broad SMARTS) is 1. The number of benzene rings is 1. The minimum Gasteiger partial charge on any atom is -0.478 e. The molecular formula is C11H11NO4. The van der Waals surface area contributed by atoms with Crippen LogP contribution < -0.4 is 5.06 Å². The molecule has 0 spiro atoms. The van der Waals surface area contributed by atoms with E-state index < -0.39 is 5.97 Å². The van der Waals surface area contributed by atoms with Gasteiger partial charge in [0, 0.05) is 6.42 Å². The van der Waals surface area contributed by atoms with Crippen LogP contribution in [0.4, 0.5) is 5.69 Å². The fraction of sp³-hybridized carbons (Fsp3) is 0.273. The average molecular weight is 221 g/mol. The molecule has 0 saturated carbocycles. The van der Waals surface area contributed by atoms with Gasteiger partial charge in [-0.3, -0.25) is 9.63 Å². The maximum atomic E-state index is 11.5. The van der Waals surface area contributed by atoms with Gasteiger partial charge in [-0.2, -0.15) is 5.06 Å². The molecule has 1 amide bonds. The van der Waals surface area contributed by atoms with Crippen molar-refractivity contribution in [3.8, 4) is 0 Å². The molecule has 1 aromatic carbocycles. The number of hydrogen-bond acceptors (Lipinski definition) is 3. The largest absolute Gasteiger partial charge is 0.478 e. The standard InChI is InChI=1S/C11H11NO4/c13-10-2-1-7-16-12(10)9-5-3-8(4-6-9)11(14)15/h3-6H,1-2,7H2,(H,14,15). The van der Waals surface area contributed by atoms with Crippen LogP contribution in [-0.4, -0.2) is 23.6 Å². The summed E-state index contributed by atoms with van der Waals surface area (Å²) in [5.41, 5.74) is 0.753. The van der Waals surface area contributed by atoms with E-state index in [4.69, 9.17) is 9.94 Å². The molecule has 1 saturated heterocycles. The van der Waals surface area contributed by atoms with Crippen LogP contribution in [0.25, 0.3) is 0 Å². The molecule has 5 nitrogen and oxygen atoms in total. The van der Waals surface area contributed by atoms with E-state index in [1.807, 2.05) is 0 Å². The molecule has 0 aromatic heterocycles. The van der Waals surface area contributed by atoms with Crippen LogP contribution in [0, 0.1) is 0 Å². The lowest BCUT2D eigenvalue weighted by molar-refractivity contribution is -0.129. The van der Waals surface area contributed by atoms with Crippen molar-refractivity contribution in [3.63, 3.8) is 0 Å². The summed E-state index contributed by atoms with van der Waals surface area (Å²) in [6.07, 6.45) is 1.18. The molecule has 0 bridgehead atoms. The van der Waals surface area contributed by atoms with E-state index in [-0.39, 0.29) is 11.5 Å². The predicted molar refractivity (Wildman–Crippen MR) is 56.1 cm³/mol. The number of anilines is 1. The summed E-state index contributed by atoms with van der Waals surface area (Å²) >= 11 is 0. The number of hydroxylamine groups is 1. The van der Waals surface area contributed by atoms with Crippen LogP contribution in [-0.2, 0) is 9.63 Å². The minimum absolute atomic E-state index is 0.102. The Morgan fingerprint density at radius 3 is 2.56 bits per heavy atom. The van der Waals surface area contributed by atoms with Gasteiger partial charge in [-0.05, 0) is 30.7 Å². The monoisotopic (exact) mass is 221 g/mol. The number of carboxylic acids is 1. The van der Waals surface area contributed by atoms with Crippen molar-refractivity contribution in [1.29, 1.82) is 0 Å². The van der Waals surface area contributed by atoms with Gasteiger partial charge in [0.25, 0.3) is 5.91 Å². The van der Waals surface area contributed by atoms with Gasteiger partial charge in [-0.25, -0.2) is 4.79 Å². The summed E-state index contributed by atoms with van der Waals surface area (Å²) in [5.74, 6) is -1.09. The molecule has 2 rings (SSSR count). The van der Waals surface area contributed by atoms with Crippen LogP contribution in [0.15, 0.2) is 24.3 Å². The van der Waals surface area contributed by atoms with Gasteiger partial charge in [-0.15, -0.1) is 0 Å². The Kier molecular flexibility index (Phi) is 2.87. The summed E-state index contributed by atoms with van der Waals surface area (Å²) < 4.78 is 0. The number of carbonyl (C=O) groups is 2. The van der Waals surface area contributed by atoms with Gasteiger partial charge < -0.3 is 5.11 Å². The molecule has 1 aliphatic rings. The van der Waals surface area contributed by atoms with Crippen molar-refractivity contribution in [2.24, 2.45) is 0 Å². The molecule has 1 aliphatic heterocycles. The Labute approximate surface area is 92.2 Å². The Morgan fingerprint density at radius 2 is 2.00 bits per heavy atom. The molecular weight excluding hydrogens is 210 g/mol. The Morgan fingerprint density at radius 1 is 1.31 bits per heavy atom. The highest BCUT2D eigenvalue weighted by molar-refractivity contribution is 5.93. The van der Waals surface area contributed by atoms with Crippen LogP contribution in [0.5, 0.6) is 0 Å². The smallest absolute Gasteiger partial charge is 0.335 e. The SMILES string of the molecule is O=C(O)c1ccc(N2OCCCC2=O)cc1. The molecule has 16 heavy (non-hydrogen) atoms. The van der Waals surface area contributed by atoms with E-state index in [1.165, 1.54) is 17.2 Å². The second-order valence-electron chi connectivity index (χ2n) is 3.48. The molecule has 1 aromatic rings. The molecule has 84 valence electrons. The second kappa shape index (κ2) is 4.32. The zero-order chi connectivity index (χ0) is 11.5. The van der Waals surface area contributed by atoms with Gasteiger partial charge in [0.05, 0.1) is 17.9 Å². The van der Waals surface area contributed by atoms with Crippen molar-refractivity contribution < 1.29 is 19.5 Å². The van der Waals surface area contributed by atoms with Gasteiger partial charge >= 0.3 is 5.97 Å². The maximum absolute atomic E-state index is 11.5. The first-order valence-electron chi connectivity index (χ1n) is 4.98. The highest BCUT2D eigenvalue weighted by Gasteiger charge is 2.20. The molecule has 0 atom stereocenters. The molecule has 5 heteroatoms. The van der Waals surface area contributed by atoms with Crippen molar-refractivity contribution in [2.75, 3.05) is 11.7 Å². The second-order valence-corrected chi connectivity index (χ2v) is 3.48. The molecule has 0 unspecified atom stereocenters. The summed E-state index contributed by atoms with van der Waals surface area (Å²) in [4.78, 5) is 27.4. The van der Waals surface area contributed by atoms with E-state index in [1.54, 1.807) is 12.1 Å². The van der Waals surface area contributed by atoms with Gasteiger partial charge in [0.1, 0.15) is 0 Å². The normalized spacial score (nSPS) is 16.2. The van der Waals surface area contributed by atoms with Crippen molar-refractivity contribution >= 4 is 17.6 Å². The Bertz CT molecular complexity index is 412. The number of aromatic carboxylic acids is 1. The van der Waals surface area contributed by atoms with Crippen LogP contribution in [0.2, 0.25) is 0 Å². The molecule has 1 N–H and O–H groups in total. The fourth-order valence-corrected chi connectivity index (χ4v) is 1.51. The van der Waals surface area contributed by atoms with E-state index in [0.717, 1.165) is 6.42 Å². The van der Waals surface area contributed by atoms with Crippen molar-refractivity contribution in [2.45, 2.75) is 12.8 Å².